The Hall–Kier alpha value is -1.35. The Morgan fingerprint density at radius 3 is 3.00 bits per heavy atom. The Morgan fingerprint density at radius 2 is 2.29 bits per heavy atom. The largest absolute Gasteiger partial charge is 0.480 e. The van der Waals surface area contributed by atoms with Gasteiger partial charge in [-0.2, -0.15) is 0 Å². The number of piperidine rings is 1. The minimum Gasteiger partial charge on any atom is -0.480 e. The summed E-state index contributed by atoms with van der Waals surface area (Å²) in [5.74, 6) is -0.723. The van der Waals surface area contributed by atoms with Crippen LogP contribution < -0.4 is 5.32 Å². The van der Waals surface area contributed by atoms with Gasteiger partial charge in [0.05, 0.1) is 0 Å². The molecule has 0 aliphatic carbocycles. The van der Waals surface area contributed by atoms with Crippen LogP contribution in [0.4, 0.5) is 0 Å². The van der Waals surface area contributed by atoms with Crippen LogP contribution in [0.3, 0.4) is 0 Å². The molecule has 2 unspecified atom stereocenters. The van der Waals surface area contributed by atoms with Crippen molar-refractivity contribution in [3.8, 4) is 0 Å². The summed E-state index contributed by atoms with van der Waals surface area (Å²) < 4.78 is 0. The van der Waals surface area contributed by atoms with Crippen LogP contribution in [0.25, 0.3) is 0 Å². The summed E-state index contributed by atoms with van der Waals surface area (Å²) in [6, 6.07) is 8.36. The average molecular weight is 233 g/mol. The number of rotatable bonds is 3. The normalized spacial score (nSPS) is 24.5. The molecule has 1 aromatic carbocycles. The molecule has 0 amide bonds. The number of aliphatic carboxylic acids is 1. The van der Waals surface area contributed by atoms with E-state index in [4.69, 9.17) is 5.11 Å². The van der Waals surface area contributed by atoms with Crippen LogP contribution in [0.1, 0.15) is 30.4 Å². The van der Waals surface area contributed by atoms with Gasteiger partial charge in [0.1, 0.15) is 6.04 Å². The predicted octanol–water partition coefficient (Wildman–Crippen LogP) is 2.13. The molecule has 3 heteroatoms. The summed E-state index contributed by atoms with van der Waals surface area (Å²) in [6.45, 7) is 2.08. The second kappa shape index (κ2) is 5.32. The minimum absolute atomic E-state index is 0.298. The van der Waals surface area contributed by atoms with Crippen LogP contribution in [0.5, 0.6) is 0 Å². The Bertz CT molecular complexity index is 403. The van der Waals surface area contributed by atoms with E-state index in [0.29, 0.717) is 6.04 Å². The fourth-order valence-electron chi connectivity index (χ4n) is 2.50. The number of carbonyl (C=O) groups is 1. The van der Waals surface area contributed by atoms with Gasteiger partial charge in [0.25, 0.3) is 0 Å². The molecule has 2 rings (SSSR count). The molecule has 17 heavy (non-hydrogen) atoms. The molecular formula is C14H19NO2. The zero-order valence-corrected chi connectivity index (χ0v) is 10.1. The third kappa shape index (κ3) is 3.30. The van der Waals surface area contributed by atoms with Gasteiger partial charge >= 0.3 is 5.97 Å². The summed E-state index contributed by atoms with van der Waals surface area (Å²) in [5.41, 5.74) is 2.54. The highest BCUT2D eigenvalue weighted by Crippen LogP contribution is 2.17. The third-order valence-corrected chi connectivity index (χ3v) is 3.34. The van der Waals surface area contributed by atoms with Gasteiger partial charge in [-0.25, -0.2) is 0 Å². The molecule has 1 fully saturated rings. The number of carboxylic acid groups (broad SMARTS) is 1. The van der Waals surface area contributed by atoms with E-state index in [-0.39, 0.29) is 6.04 Å². The van der Waals surface area contributed by atoms with Crippen molar-refractivity contribution >= 4 is 5.97 Å². The van der Waals surface area contributed by atoms with E-state index in [9.17, 15) is 4.79 Å². The quantitative estimate of drug-likeness (QED) is 0.841. The van der Waals surface area contributed by atoms with Crippen molar-refractivity contribution in [2.75, 3.05) is 0 Å². The zero-order chi connectivity index (χ0) is 12.3. The van der Waals surface area contributed by atoms with Gasteiger partial charge in [-0.1, -0.05) is 29.8 Å². The van der Waals surface area contributed by atoms with Gasteiger partial charge in [0.15, 0.2) is 0 Å². The van der Waals surface area contributed by atoms with E-state index in [2.05, 4.69) is 36.5 Å². The summed E-state index contributed by atoms with van der Waals surface area (Å²) >= 11 is 0. The first-order chi connectivity index (χ1) is 8.15. The molecule has 0 bridgehead atoms. The monoisotopic (exact) mass is 233 g/mol. The third-order valence-electron chi connectivity index (χ3n) is 3.34. The van der Waals surface area contributed by atoms with Gasteiger partial charge < -0.3 is 10.4 Å². The molecule has 1 aromatic rings. The number of benzene rings is 1. The lowest BCUT2D eigenvalue weighted by Gasteiger charge is -2.28. The first-order valence-corrected chi connectivity index (χ1v) is 6.19. The van der Waals surface area contributed by atoms with Crippen molar-refractivity contribution in [2.24, 2.45) is 0 Å². The lowest BCUT2D eigenvalue weighted by atomic mass is 9.93. The molecule has 2 N–H and O–H groups in total. The molecule has 3 nitrogen and oxygen atoms in total. The topological polar surface area (TPSA) is 49.3 Å². The smallest absolute Gasteiger partial charge is 0.320 e. The highest BCUT2D eigenvalue weighted by Gasteiger charge is 2.25. The summed E-state index contributed by atoms with van der Waals surface area (Å²) in [5, 5.41) is 12.2. The Labute approximate surface area is 102 Å². The zero-order valence-electron chi connectivity index (χ0n) is 10.1. The van der Waals surface area contributed by atoms with Crippen molar-refractivity contribution in [1.82, 2.24) is 5.32 Å². The lowest BCUT2D eigenvalue weighted by molar-refractivity contribution is -0.140. The molecule has 0 radical (unpaired) electrons. The van der Waals surface area contributed by atoms with Crippen molar-refractivity contribution < 1.29 is 9.90 Å². The molecule has 92 valence electrons. The van der Waals surface area contributed by atoms with Gasteiger partial charge in [0, 0.05) is 6.04 Å². The SMILES string of the molecule is Cc1cccc(CC2CCCC(C(=O)O)N2)c1. The maximum Gasteiger partial charge on any atom is 0.320 e. The van der Waals surface area contributed by atoms with Gasteiger partial charge in [-0.05, 0) is 38.2 Å². The summed E-state index contributed by atoms with van der Waals surface area (Å²) in [6.07, 6.45) is 3.74. The second-order valence-corrected chi connectivity index (χ2v) is 4.88. The first-order valence-electron chi connectivity index (χ1n) is 6.19. The number of aryl methyl sites for hydroxylation is 1. The van der Waals surface area contributed by atoms with E-state index in [0.717, 1.165) is 25.7 Å². The molecule has 1 aliphatic heterocycles. The van der Waals surface area contributed by atoms with E-state index >= 15 is 0 Å². The van der Waals surface area contributed by atoms with E-state index in [1.165, 1.54) is 11.1 Å². The molecule has 0 spiro atoms. The van der Waals surface area contributed by atoms with Crippen molar-refractivity contribution in [3.05, 3.63) is 35.4 Å². The standard InChI is InChI=1S/C14H19NO2/c1-10-4-2-5-11(8-10)9-12-6-3-7-13(15-12)14(16)17/h2,4-5,8,12-13,15H,3,6-7,9H2,1H3,(H,16,17). The number of hydrogen-bond acceptors (Lipinski definition) is 2. The number of nitrogens with one attached hydrogen (secondary N) is 1. The maximum absolute atomic E-state index is 10.9. The molecule has 1 saturated heterocycles. The fraction of sp³-hybridized carbons (Fsp3) is 0.500. The van der Waals surface area contributed by atoms with Crippen LogP contribution in [0.15, 0.2) is 24.3 Å². The van der Waals surface area contributed by atoms with E-state index < -0.39 is 5.97 Å². The fourth-order valence-corrected chi connectivity index (χ4v) is 2.50. The van der Waals surface area contributed by atoms with E-state index in [1.807, 2.05) is 0 Å². The average Bonchev–Trinajstić information content (AvgIpc) is 2.29. The Balaban J connectivity index is 1.97. The molecule has 2 atom stereocenters. The Kier molecular flexibility index (Phi) is 3.79. The second-order valence-electron chi connectivity index (χ2n) is 4.88. The number of hydrogen-bond donors (Lipinski definition) is 2. The van der Waals surface area contributed by atoms with Crippen LogP contribution in [-0.2, 0) is 11.2 Å². The van der Waals surface area contributed by atoms with Crippen molar-refractivity contribution in [2.45, 2.75) is 44.7 Å². The summed E-state index contributed by atoms with van der Waals surface area (Å²) in [4.78, 5) is 10.9. The summed E-state index contributed by atoms with van der Waals surface area (Å²) in [7, 11) is 0. The highest BCUT2D eigenvalue weighted by molar-refractivity contribution is 5.73. The Morgan fingerprint density at radius 1 is 1.47 bits per heavy atom. The van der Waals surface area contributed by atoms with Crippen molar-refractivity contribution in [1.29, 1.82) is 0 Å². The molecule has 1 heterocycles. The molecule has 0 saturated carbocycles. The molecule has 1 aliphatic rings. The minimum atomic E-state index is -0.723. The van der Waals surface area contributed by atoms with Gasteiger partial charge in [0.2, 0.25) is 0 Å². The van der Waals surface area contributed by atoms with Crippen LogP contribution in [0.2, 0.25) is 0 Å². The van der Waals surface area contributed by atoms with Crippen LogP contribution >= 0.6 is 0 Å². The highest BCUT2D eigenvalue weighted by atomic mass is 16.4. The van der Waals surface area contributed by atoms with Crippen molar-refractivity contribution in [3.63, 3.8) is 0 Å². The van der Waals surface area contributed by atoms with Gasteiger partial charge in [-0.3, -0.25) is 4.79 Å². The van der Waals surface area contributed by atoms with E-state index in [1.54, 1.807) is 0 Å². The molecule has 0 aromatic heterocycles. The van der Waals surface area contributed by atoms with Crippen LogP contribution in [-0.4, -0.2) is 23.2 Å². The predicted molar refractivity (Wildman–Crippen MR) is 67.1 cm³/mol. The maximum atomic E-state index is 10.9. The lowest BCUT2D eigenvalue weighted by Crippen LogP contribution is -2.47. The number of carboxylic acids is 1. The van der Waals surface area contributed by atoms with Gasteiger partial charge in [-0.15, -0.1) is 0 Å². The first kappa shape index (κ1) is 12.1. The molecular weight excluding hydrogens is 214 g/mol. The van der Waals surface area contributed by atoms with Crippen LogP contribution in [0, 0.1) is 6.92 Å².